The van der Waals surface area contributed by atoms with Gasteiger partial charge < -0.3 is 10.6 Å². The first-order valence-electron chi connectivity index (χ1n) is 4.80. The van der Waals surface area contributed by atoms with Crippen LogP contribution in [0.3, 0.4) is 0 Å². The van der Waals surface area contributed by atoms with Gasteiger partial charge in [0, 0.05) is 25.3 Å². The van der Waals surface area contributed by atoms with Gasteiger partial charge in [-0.1, -0.05) is 12.8 Å². The topological polar surface area (TPSA) is 41.1 Å². The van der Waals surface area contributed by atoms with Gasteiger partial charge in [0.2, 0.25) is 5.91 Å². The summed E-state index contributed by atoms with van der Waals surface area (Å²) in [5.74, 6) is 4.24. The van der Waals surface area contributed by atoms with Gasteiger partial charge in [0.25, 0.3) is 0 Å². The molecule has 0 spiro atoms. The van der Waals surface area contributed by atoms with E-state index < -0.39 is 0 Å². The minimum atomic E-state index is 0.104. The number of nitrogens with one attached hydrogen (secondary N) is 2. The fourth-order valence-corrected chi connectivity index (χ4v) is 1.37. The lowest BCUT2D eigenvalue weighted by Crippen LogP contribution is -2.29. The van der Waals surface area contributed by atoms with Crippen molar-refractivity contribution in [3.8, 4) is 12.3 Å². The first kappa shape index (κ1) is 13.3. The van der Waals surface area contributed by atoms with Crippen LogP contribution in [0.1, 0.15) is 13.3 Å². The van der Waals surface area contributed by atoms with Gasteiger partial charge in [0.1, 0.15) is 0 Å². The van der Waals surface area contributed by atoms with Gasteiger partial charge >= 0.3 is 0 Å². The lowest BCUT2D eigenvalue weighted by Gasteiger charge is -2.04. The maximum Gasteiger partial charge on any atom is 0.221 e. The molecule has 3 nitrogen and oxygen atoms in total. The largest absolute Gasteiger partial charge is 0.355 e. The molecule has 2 N–H and O–H groups in total. The molecular formula is C10H18N2OS. The molecule has 0 radical (unpaired) electrons. The summed E-state index contributed by atoms with van der Waals surface area (Å²) in [6, 6.07) is 0. The second kappa shape index (κ2) is 10.4. The Kier molecular flexibility index (Phi) is 9.93. The van der Waals surface area contributed by atoms with Crippen LogP contribution in [0.5, 0.6) is 0 Å². The fourth-order valence-electron chi connectivity index (χ4n) is 0.861. The number of hydrogen-bond donors (Lipinski definition) is 2. The van der Waals surface area contributed by atoms with Crippen molar-refractivity contribution in [1.29, 1.82) is 0 Å². The highest BCUT2D eigenvalue weighted by Gasteiger charge is 1.98. The van der Waals surface area contributed by atoms with Crippen LogP contribution in [-0.4, -0.2) is 37.0 Å². The van der Waals surface area contributed by atoms with Gasteiger partial charge in [-0.15, -0.1) is 18.2 Å². The summed E-state index contributed by atoms with van der Waals surface area (Å²) in [4.78, 5) is 11.1. The Morgan fingerprint density at radius 3 is 2.93 bits per heavy atom. The van der Waals surface area contributed by atoms with Crippen molar-refractivity contribution in [2.75, 3.05) is 31.1 Å². The Labute approximate surface area is 90.4 Å². The van der Waals surface area contributed by atoms with E-state index in [4.69, 9.17) is 6.42 Å². The molecule has 80 valence electrons. The van der Waals surface area contributed by atoms with E-state index in [2.05, 4.69) is 16.6 Å². The van der Waals surface area contributed by atoms with Crippen LogP contribution in [0, 0.1) is 12.3 Å². The third-order valence-corrected chi connectivity index (χ3v) is 2.40. The van der Waals surface area contributed by atoms with Crippen LogP contribution >= 0.6 is 11.8 Å². The predicted molar refractivity (Wildman–Crippen MR) is 62.3 cm³/mol. The lowest BCUT2D eigenvalue weighted by molar-refractivity contribution is -0.120. The van der Waals surface area contributed by atoms with Crippen molar-refractivity contribution in [1.82, 2.24) is 10.6 Å². The van der Waals surface area contributed by atoms with E-state index in [-0.39, 0.29) is 5.91 Å². The molecule has 0 heterocycles. The second-order valence-corrected chi connectivity index (χ2v) is 3.82. The third-order valence-electron chi connectivity index (χ3n) is 1.53. The lowest BCUT2D eigenvalue weighted by atomic mass is 10.4. The van der Waals surface area contributed by atoms with Crippen LogP contribution in [0.2, 0.25) is 0 Å². The van der Waals surface area contributed by atoms with E-state index in [1.807, 2.05) is 6.92 Å². The van der Waals surface area contributed by atoms with Gasteiger partial charge in [-0.05, 0) is 6.54 Å². The van der Waals surface area contributed by atoms with Gasteiger partial charge in [-0.3, -0.25) is 4.79 Å². The molecule has 0 aliphatic carbocycles. The van der Waals surface area contributed by atoms with Gasteiger partial charge in [-0.25, -0.2) is 0 Å². The van der Waals surface area contributed by atoms with Crippen LogP contribution in [0.4, 0.5) is 0 Å². The quantitative estimate of drug-likeness (QED) is 0.456. The highest BCUT2D eigenvalue weighted by molar-refractivity contribution is 7.99. The van der Waals surface area contributed by atoms with E-state index in [1.54, 1.807) is 11.8 Å². The zero-order valence-electron chi connectivity index (χ0n) is 8.64. The number of carbonyl (C=O) groups excluding carboxylic acids is 1. The molecule has 0 bridgehead atoms. The second-order valence-electron chi connectivity index (χ2n) is 2.71. The monoisotopic (exact) mass is 214 g/mol. The van der Waals surface area contributed by atoms with Crippen LogP contribution < -0.4 is 10.6 Å². The van der Waals surface area contributed by atoms with Gasteiger partial charge in [-0.2, -0.15) is 0 Å². The molecule has 0 aromatic heterocycles. The Balaban J connectivity index is 3.15. The molecule has 0 rings (SSSR count). The minimum Gasteiger partial charge on any atom is -0.355 e. The summed E-state index contributed by atoms with van der Waals surface area (Å²) in [6.45, 7) is 4.39. The smallest absolute Gasteiger partial charge is 0.221 e. The summed E-state index contributed by atoms with van der Waals surface area (Å²) < 4.78 is 0. The van der Waals surface area contributed by atoms with Crippen LogP contribution in [0.25, 0.3) is 0 Å². The zero-order valence-corrected chi connectivity index (χ0v) is 9.45. The average molecular weight is 214 g/mol. The van der Waals surface area contributed by atoms with Crippen molar-refractivity contribution in [3.05, 3.63) is 0 Å². The van der Waals surface area contributed by atoms with E-state index in [9.17, 15) is 4.79 Å². The first-order chi connectivity index (χ1) is 6.81. The Morgan fingerprint density at radius 2 is 2.29 bits per heavy atom. The molecule has 0 saturated heterocycles. The van der Waals surface area contributed by atoms with Crippen LogP contribution in [0.15, 0.2) is 0 Å². The van der Waals surface area contributed by atoms with E-state index >= 15 is 0 Å². The normalized spacial score (nSPS) is 9.43. The van der Waals surface area contributed by atoms with E-state index in [1.165, 1.54) is 0 Å². The number of thioether (sulfide) groups is 1. The third kappa shape index (κ3) is 9.43. The molecule has 0 aromatic rings. The zero-order chi connectivity index (χ0) is 10.6. The molecule has 0 saturated carbocycles. The Bertz CT molecular complexity index is 189. The van der Waals surface area contributed by atoms with Crippen molar-refractivity contribution in [3.63, 3.8) is 0 Å². The molecule has 0 atom stereocenters. The highest BCUT2D eigenvalue weighted by atomic mass is 32.2. The van der Waals surface area contributed by atoms with E-state index in [0.717, 1.165) is 18.8 Å². The molecule has 0 fully saturated rings. The molecule has 0 aliphatic heterocycles. The Morgan fingerprint density at radius 1 is 1.50 bits per heavy atom. The summed E-state index contributed by atoms with van der Waals surface area (Å²) in [5.41, 5.74) is 0. The van der Waals surface area contributed by atoms with Crippen molar-refractivity contribution in [2.45, 2.75) is 13.3 Å². The van der Waals surface area contributed by atoms with Crippen molar-refractivity contribution in [2.24, 2.45) is 0 Å². The number of rotatable bonds is 8. The van der Waals surface area contributed by atoms with Crippen LogP contribution in [-0.2, 0) is 4.79 Å². The molecule has 1 amide bonds. The summed E-state index contributed by atoms with van der Waals surface area (Å²) >= 11 is 1.66. The summed E-state index contributed by atoms with van der Waals surface area (Å²) in [6.07, 6.45) is 5.63. The highest BCUT2D eigenvalue weighted by Crippen LogP contribution is 1.95. The fraction of sp³-hybridized carbons (Fsp3) is 0.700. The number of hydrogen-bond acceptors (Lipinski definition) is 3. The first-order valence-corrected chi connectivity index (χ1v) is 5.95. The van der Waals surface area contributed by atoms with Crippen molar-refractivity contribution < 1.29 is 4.79 Å². The average Bonchev–Trinajstić information content (AvgIpc) is 2.18. The summed E-state index contributed by atoms with van der Waals surface area (Å²) in [5, 5.41) is 5.93. The number of carbonyl (C=O) groups is 1. The molecule has 0 aliphatic rings. The minimum absolute atomic E-state index is 0.104. The maximum absolute atomic E-state index is 11.1. The SMILES string of the molecule is C#CCSCCNC(=O)CCNCC. The number of terminal acetylenes is 1. The van der Waals surface area contributed by atoms with Gasteiger partial charge in [0.15, 0.2) is 0 Å². The molecule has 0 unspecified atom stereocenters. The molecule has 14 heavy (non-hydrogen) atoms. The molecule has 4 heteroatoms. The molecule has 0 aromatic carbocycles. The van der Waals surface area contributed by atoms with E-state index in [0.29, 0.717) is 18.7 Å². The number of amides is 1. The van der Waals surface area contributed by atoms with Crippen molar-refractivity contribution >= 4 is 17.7 Å². The predicted octanol–water partition coefficient (Wildman–Crippen LogP) is 0.469. The molecular weight excluding hydrogens is 196 g/mol. The maximum atomic E-state index is 11.1. The summed E-state index contributed by atoms with van der Waals surface area (Å²) in [7, 11) is 0. The van der Waals surface area contributed by atoms with Gasteiger partial charge in [0.05, 0.1) is 5.75 Å². The standard InChI is InChI=1S/C10H18N2OS/c1-3-8-14-9-7-12-10(13)5-6-11-4-2/h1,11H,4-9H2,2H3,(H,12,13). The Hall–Kier alpha value is -0.660.